The average molecular weight is 600 g/mol. The van der Waals surface area contributed by atoms with Crippen LogP contribution < -0.4 is 9.47 Å². The monoisotopic (exact) mass is 599 g/mol. The lowest BCUT2D eigenvalue weighted by Gasteiger charge is -2.44. The zero-order valence-electron chi connectivity index (χ0n) is 25.6. The lowest BCUT2D eigenvalue weighted by molar-refractivity contribution is -0.134. The van der Waals surface area contributed by atoms with Crippen LogP contribution >= 0.6 is 0 Å². The van der Waals surface area contributed by atoms with Crippen LogP contribution in [0.2, 0.25) is 0 Å². The molecule has 3 N–H and O–H groups in total. The number of Topliss-reactive ketones (excluding diaryl/α,β-unsaturated/α-hetero) is 1. The van der Waals surface area contributed by atoms with Gasteiger partial charge in [0, 0.05) is 29.9 Å². The minimum absolute atomic E-state index is 0.00351. The van der Waals surface area contributed by atoms with E-state index < -0.39 is 17.4 Å². The molecule has 0 radical (unpaired) electrons. The minimum atomic E-state index is -1.03. The van der Waals surface area contributed by atoms with Crippen LogP contribution in [0.25, 0.3) is 6.08 Å². The van der Waals surface area contributed by atoms with E-state index in [0.717, 1.165) is 24.8 Å². The van der Waals surface area contributed by atoms with Crippen LogP contribution in [0.3, 0.4) is 0 Å². The number of phenols is 2. The Hall–Kier alpha value is -4.30. The molecule has 8 nitrogen and oxygen atoms in total. The van der Waals surface area contributed by atoms with Crippen LogP contribution in [0.15, 0.2) is 78.6 Å². The number of methoxy groups -OCH3 is 2. The number of benzene rings is 2. The molecule has 0 bridgehead atoms. The van der Waals surface area contributed by atoms with E-state index in [1.54, 1.807) is 36.4 Å². The number of carbonyl (C=O) groups is 2. The molecule has 1 aliphatic carbocycles. The summed E-state index contributed by atoms with van der Waals surface area (Å²) in [4.78, 5) is 31.2. The van der Waals surface area contributed by atoms with Gasteiger partial charge in [0.1, 0.15) is 5.76 Å². The second kappa shape index (κ2) is 12.7. The Bertz CT molecular complexity index is 1540. The van der Waals surface area contributed by atoms with Gasteiger partial charge in [-0.2, -0.15) is 0 Å². The summed E-state index contributed by atoms with van der Waals surface area (Å²) in [5.74, 6) is -1.45. The molecule has 0 spiro atoms. The summed E-state index contributed by atoms with van der Waals surface area (Å²) >= 11 is 0. The number of aliphatic hydroxyl groups is 1. The third-order valence-corrected chi connectivity index (χ3v) is 9.57. The van der Waals surface area contributed by atoms with Crippen molar-refractivity contribution >= 4 is 17.6 Å². The predicted octanol–water partition coefficient (Wildman–Crippen LogP) is 6.11. The summed E-state index contributed by atoms with van der Waals surface area (Å²) in [6.07, 6.45) is 14.7. The highest BCUT2D eigenvalue weighted by molar-refractivity contribution is 5.99. The van der Waals surface area contributed by atoms with Gasteiger partial charge in [-0.3, -0.25) is 14.5 Å². The molecule has 232 valence electrons. The summed E-state index contributed by atoms with van der Waals surface area (Å²) in [6.45, 7) is 4.68. The van der Waals surface area contributed by atoms with Crippen molar-refractivity contribution in [2.45, 2.75) is 50.6 Å². The fourth-order valence-electron chi connectivity index (χ4n) is 7.39. The number of ether oxygens (including phenoxy) is 2. The van der Waals surface area contributed by atoms with Crippen LogP contribution in [0, 0.1) is 17.8 Å². The first-order valence-electron chi connectivity index (χ1n) is 15.1. The molecule has 44 heavy (non-hydrogen) atoms. The largest absolute Gasteiger partial charge is 0.508 e. The third-order valence-electron chi connectivity index (χ3n) is 9.57. The zero-order chi connectivity index (χ0) is 31.6. The lowest BCUT2D eigenvalue weighted by atomic mass is 9.67. The Kier molecular flexibility index (Phi) is 9.02. The SMILES string of the molecule is COc1ccc(/C=C/C(O)=C/C(=O)C2C3CCCCN3[C@@](C)(C(=O)C3C=CC=CC3C)C2c2ccc(O)c(OC)c2)cc1O. The van der Waals surface area contributed by atoms with Crippen molar-refractivity contribution in [2.24, 2.45) is 17.8 Å². The van der Waals surface area contributed by atoms with Crippen LogP contribution in [-0.4, -0.2) is 64.1 Å². The molecule has 2 heterocycles. The number of nitrogens with zero attached hydrogens (tertiary/aromatic N) is 1. The first-order chi connectivity index (χ1) is 21.1. The van der Waals surface area contributed by atoms with E-state index in [1.165, 1.54) is 32.4 Å². The standard InChI is InChI=1S/C36H41NO7/c1-22-9-5-6-10-26(22)35(42)36(2)34(24-14-16-28(39)32(20-24)44-4)33(27-11-7-8-18-37(27)36)30(41)21-25(38)15-12-23-13-17-31(43-3)29(40)19-23/h5-6,9-10,12-17,19-22,26-27,33-34,38-40H,7-8,11,18H2,1-4H3/b15-12+,25-21-/t22?,26?,27?,33?,34?,36-/m1/s1. The molecule has 0 aromatic heterocycles. The summed E-state index contributed by atoms with van der Waals surface area (Å²) < 4.78 is 10.5. The van der Waals surface area contributed by atoms with Crippen molar-refractivity contribution in [1.29, 1.82) is 0 Å². The maximum absolute atomic E-state index is 14.7. The molecule has 8 heteroatoms. The lowest BCUT2D eigenvalue weighted by Crippen LogP contribution is -2.57. The van der Waals surface area contributed by atoms with E-state index in [-0.39, 0.29) is 52.5 Å². The van der Waals surface area contributed by atoms with Gasteiger partial charge in [0.25, 0.3) is 0 Å². The van der Waals surface area contributed by atoms with Crippen molar-refractivity contribution < 1.29 is 34.4 Å². The number of hydrogen-bond acceptors (Lipinski definition) is 8. The molecule has 2 aromatic rings. The Morgan fingerprint density at radius 2 is 1.73 bits per heavy atom. The summed E-state index contributed by atoms with van der Waals surface area (Å²) in [5, 5.41) is 31.4. The fraction of sp³-hybridized carbons (Fsp3) is 0.389. The van der Waals surface area contributed by atoms with E-state index in [1.807, 2.05) is 38.2 Å². The molecule has 6 atom stereocenters. The van der Waals surface area contributed by atoms with E-state index in [4.69, 9.17) is 9.47 Å². The smallest absolute Gasteiger partial charge is 0.164 e. The van der Waals surface area contributed by atoms with E-state index in [2.05, 4.69) is 4.90 Å². The molecule has 2 fully saturated rings. The third kappa shape index (κ3) is 5.66. The minimum Gasteiger partial charge on any atom is -0.508 e. The van der Waals surface area contributed by atoms with Gasteiger partial charge >= 0.3 is 0 Å². The van der Waals surface area contributed by atoms with Crippen LogP contribution in [0.1, 0.15) is 50.2 Å². The highest BCUT2D eigenvalue weighted by atomic mass is 16.5. The maximum Gasteiger partial charge on any atom is 0.164 e. The van der Waals surface area contributed by atoms with E-state index in [9.17, 15) is 24.9 Å². The van der Waals surface area contributed by atoms with Crippen LogP contribution in [-0.2, 0) is 9.59 Å². The Morgan fingerprint density at radius 1 is 0.977 bits per heavy atom. The van der Waals surface area contributed by atoms with Gasteiger partial charge in [0.15, 0.2) is 34.6 Å². The number of piperidine rings is 1. The molecule has 0 amide bonds. The normalized spacial score (nSPS) is 28.6. The van der Waals surface area contributed by atoms with Crippen LogP contribution in [0.5, 0.6) is 23.0 Å². The number of allylic oxidation sites excluding steroid dienone is 6. The van der Waals surface area contributed by atoms with E-state index >= 15 is 0 Å². The van der Waals surface area contributed by atoms with E-state index in [0.29, 0.717) is 17.9 Å². The molecule has 5 rings (SSSR count). The number of carbonyl (C=O) groups excluding carboxylic acids is 2. The fourth-order valence-corrected chi connectivity index (χ4v) is 7.39. The Labute approximate surface area is 258 Å². The highest BCUT2D eigenvalue weighted by Crippen LogP contribution is 2.55. The first kappa shape index (κ1) is 31.1. The second-order valence-corrected chi connectivity index (χ2v) is 12.1. The molecular weight excluding hydrogens is 558 g/mol. The highest BCUT2D eigenvalue weighted by Gasteiger charge is 2.63. The van der Waals surface area contributed by atoms with Crippen molar-refractivity contribution in [3.63, 3.8) is 0 Å². The van der Waals surface area contributed by atoms with Gasteiger partial charge in [0.05, 0.1) is 19.8 Å². The number of aromatic hydroxyl groups is 2. The molecule has 5 unspecified atom stereocenters. The van der Waals surface area contributed by atoms with Crippen molar-refractivity contribution in [1.82, 2.24) is 4.90 Å². The number of ketones is 2. The Morgan fingerprint density at radius 3 is 2.43 bits per heavy atom. The average Bonchev–Trinajstić information content (AvgIpc) is 3.30. The van der Waals surface area contributed by atoms with Gasteiger partial charge in [-0.15, -0.1) is 0 Å². The van der Waals surface area contributed by atoms with Gasteiger partial charge in [0.2, 0.25) is 0 Å². The number of hydrogen-bond donors (Lipinski definition) is 3. The molecule has 3 aliphatic rings. The van der Waals surface area contributed by atoms with Gasteiger partial charge in [-0.25, -0.2) is 0 Å². The van der Waals surface area contributed by atoms with Gasteiger partial charge in [-0.05, 0) is 73.7 Å². The molecular formula is C36H41NO7. The number of phenolic OH excluding ortho intramolecular Hbond substituents is 2. The zero-order valence-corrected chi connectivity index (χ0v) is 25.6. The molecule has 2 aromatic carbocycles. The molecule has 2 saturated heterocycles. The van der Waals surface area contributed by atoms with Crippen LogP contribution in [0.4, 0.5) is 0 Å². The predicted molar refractivity (Wildman–Crippen MR) is 169 cm³/mol. The summed E-state index contributed by atoms with van der Waals surface area (Å²) in [7, 11) is 2.94. The number of aliphatic hydroxyl groups excluding tert-OH is 1. The molecule has 0 saturated carbocycles. The number of fused-ring (bicyclic) bond motifs is 1. The quantitative estimate of drug-likeness (QED) is 0.180. The first-order valence-corrected chi connectivity index (χ1v) is 15.1. The summed E-state index contributed by atoms with van der Waals surface area (Å²) in [5.41, 5.74) is 0.316. The van der Waals surface area contributed by atoms with Crippen molar-refractivity contribution in [2.75, 3.05) is 20.8 Å². The second-order valence-electron chi connectivity index (χ2n) is 12.1. The van der Waals surface area contributed by atoms with Gasteiger partial charge in [-0.1, -0.05) is 55.9 Å². The van der Waals surface area contributed by atoms with Crippen molar-refractivity contribution in [3.8, 4) is 23.0 Å². The topological polar surface area (TPSA) is 117 Å². The van der Waals surface area contributed by atoms with Crippen molar-refractivity contribution in [3.05, 3.63) is 89.7 Å². The van der Waals surface area contributed by atoms with Gasteiger partial charge < -0.3 is 24.8 Å². The Balaban J connectivity index is 1.57. The molecule has 2 aliphatic heterocycles. The maximum atomic E-state index is 14.7. The number of rotatable bonds is 9. The summed E-state index contributed by atoms with van der Waals surface area (Å²) in [6, 6.07) is 9.68.